The third kappa shape index (κ3) is 3.47. The van der Waals surface area contributed by atoms with Gasteiger partial charge in [-0.05, 0) is 36.8 Å². The summed E-state index contributed by atoms with van der Waals surface area (Å²) in [6.07, 6.45) is 0. The largest absolute Gasteiger partial charge is 0.507 e. The second kappa shape index (κ2) is 6.93. The summed E-state index contributed by atoms with van der Waals surface area (Å²) in [4.78, 5) is 28.1. The van der Waals surface area contributed by atoms with Crippen LogP contribution in [0.2, 0.25) is 0 Å². The number of halogens is 1. The lowest BCUT2D eigenvalue weighted by atomic mass is 10.1. The van der Waals surface area contributed by atoms with Gasteiger partial charge in [-0.15, -0.1) is 0 Å². The van der Waals surface area contributed by atoms with E-state index in [9.17, 15) is 19.1 Å². The van der Waals surface area contributed by atoms with E-state index < -0.39 is 5.82 Å². The fourth-order valence-corrected chi connectivity index (χ4v) is 2.91. The molecule has 1 heterocycles. The Hall–Kier alpha value is -2.89. The summed E-state index contributed by atoms with van der Waals surface area (Å²) >= 11 is 0. The predicted molar refractivity (Wildman–Crippen MR) is 91.1 cm³/mol. The number of nitrogens with zero attached hydrogens (tertiary/aromatic N) is 2. The van der Waals surface area contributed by atoms with E-state index in [-0.39, 0.29) is 28.7 Å². The van der Waals surface area contributed by atoms with Crippen LogP contribution < -0.4 is 0 Å². The zero-order valence-corrected chi connectivity index (χ0v) is 13.9. The molecule has 0 radical (unpaired) electrons. The van der Waals surface area contributed by atoms with E-state index in [0.29, 0.717) is 26.2 Å². The maximum atomic E-state index is 13.8. The van der Waals surface area contributed by atoms with Crippen LogP contribution in [-0.2, 0) is 0 Å². The van der Waals surface area contributed by atoms with E-state index in [1.165, 1.54) is 23.1 Å². The zero-order chi connectivity index (χ0) is 18.0. The third-order valence-electron chi connectivity index (χ3n) is 4.34. The van der Waals surface area contributed by atoms with Gasteiger partial charge < -0.3 is 14.9 Å². The highest BCUT2D eigenvalue weighted by molar-refractivity contribution is 5.97. The van der Waals surface area contributed by atoms with Crippen molar-refractivity contribution in [1.82, 2.24) is 9.80 Å². The summed E-state index contributed by atoms with van der Waals surface area (Å²) in [5.41, 5.74) is 1.16. The molecule has 1 saturated heterocycles. The minimum atomic E-state index is -0.546. The topological polar surface area (TPSA) is 60.9 Å². The van der Waals surface area contributed by atoms with Crippen LogP contribution in [0.25, 0.3) is 0 Å². The fraction of sp³-hybridized carbons (Fsp3) is 0.263. The highest BCUT2D eigenvalue weighted by Crippen LogP contribution is 2.21. The zero-order valence-electron chi connectivity index (χ0n) is 13.9. The Bertz CT molecular complexity index is 814. The molecule has 1 N–H and O–H groups in total. The number of phenolic OH excluding ortho intramolecular Hbond substituents is 1. The third-order valence-corrected chi connectivity index (χ3v) is 4.34. The smallest absolute Gasteiger partial charge is 0.257 e. The molecule has 0 bridgehead atoms. The molecule has 130 valence electrons. The maximum Gasteiger partial charge on any atom is 0.257 e. The van der Waals surface area contributed by atoms with Gasteiger partial charge in [0.1, 0.15) is 11.6 Å². The van der Waals surface area contributed by atoms with E-state index in [0.717, 1.165) is 5.56 Å². The maximum absolute atomic E-state index is 13.8. The van der Waals surface area contributed by atoms with Crippen molar-refractivity contribution < 1.29 is 19.1 Å². The first kappa shape index (κ1) is 17.0. The van der Waals surface area contributed by atoms with Crippen LogP contribution in [0, 0.1) is 12.7 Å². The van der Waals surface area contributed by atoms with Gasteiger partial charge in [-0.2, -0.15) is 0 Å². The number of aryl methyl sites for hydroxylation is 1. The van der Waals surface area contributed by atoms with Crippen LogP contribution >= 0.6 is 0 Å². The number of benzene rings is 2. The van der Waals surface area contributed by atoms with Crippen molar-refractivity contribution in [2.24, 2.45) is 0 Å². The quantitative estimate of drug-likeness (QED) is 0.912. The second-order valence-electron chi connectivity index (χ2n) is 6.08. The average Bonchev–Trinajstić information content (AvgIpc) is 2.61. The number of carbonyl (C=O) groups excluding carboxylic acids is 2. The summed E-state index contributed by atoms with van der Waals surface area (Å²) in [7, 11) is 0. The monoisotopic (exact) mass is 342 g/mol. The molecule has 1 aliphatic rings. The van der Waals surface area contributed by atoms with E-state index in [1.807, 2.05) is 6.92 Å². The molecule has 0 atom stereocenters. The second-order valence-corrected chi connectivity index (χ2v) is 6.08. The molecule has 2 amide bonds. The normalized spacial score (nSPS) is 14.5. The molecule has 2 aromatic carbocycles. The lowest BCUT2D eigenvalue weighted by Crippen LogP contribution is -2.50. The standard InChI is InChI=1S/C19H19FN2O3/c1-13-6-7-15(17(23)12-13)19(25)22-10-8-21(9-11-22)18(24)14-4-2-3-5-16(14)20/h2-7,12,23H,8-11H2,1H3. The number of hydrogen-bond acceptors (Lipinski definition) is 3. The van der Waals surface area contributed by atoms with Gasteiger partial charge in [-0.25, -0.2) is 4.39 Å². The van der Waals surface area contributed by atoms with Crippen LogP contribution in [0.3, 0.4) is 0 Å². The Morgan fingerprint density at radius 1 is 0.920 bits per heavy atom. The van der Waals surface area contributed by atoms with Crippen molar-refractivity contribution in [2.45, 2.75) is 6.92 Å². The SMILES string of the molecule is Cc1ccc(C(=O)N2CCN(C(=O)c3ccccc3F)CC2)c(O)c1. The van der Waals surface area contributed by atoms with Crippen molar-refractivity contribution in [3.05, 3.63) is 65.0 Å². The van der Waals surface area contributed by atoms with E-state index in [1.54, 1.807) is 29.2 Å². The number of aromatic hydroxyl groups is 1. The molecule has 1 fully saturated rings. The lowest BCUT2D eigenvalue weighted by Gasteiger charge is -2.35. The van der Waals surface area contributed by atoms with Crippen molar-refractivity contribution in [3.8, 4) is 5.75 Å². The minimum absolute atomic E-state index is 0.0402. The average molecular weight is 342 g/mol. The predicted octanol–water partition coefficient (Wildman–Crippen LogP) is 2.44. The highest BCUT2D eigenvalue weighted by Gasteiger charge is 2.27. The molecule has 25 heavy (non-hydrogen) atoms. The summed E-state index contributed by atoms with van der Waals surface area (Å²) in [6, 6.07) is 10.8. The van der Waals surface area contributed by atoms with Gasteiger partial charge in [0.25, 0.3) is 11.8 Å². The first-order valence-electron chi connectivity index (χ1n) is 8.10. The molecule has 1 aliphatic heterocycles. The molecule has 5 nitrogen and oxygen atoms in total. The number of carbonyl (C=O) groups is 2. The Labute approximate surface area is 145 Å². The molecule has 0 aliphatic carbocycles. The first-order valence-corrected chi connectivity index (χ1v) is 8.10. The van der Waals surface area contributed by atoms with Crippen molar-refractivity contribution in [3.63, 3.8) is 0 Å². The molecular formula is C19H19FN2O3. The Kier molecular flexibility index (Phi) is 4.70. The summed E-state index contributed by atoms with van der Waals surface area (Å²) in [6.45, 7) is 3.16. The van der Waals surface area contributed by atoms with E-state index >= 15 is 0 Å². The van der Waals surface area contributed by atoms with Gasteiger partial charge >= 0.3 is 0 Å². The molecule has 2 aromatic rings. The van der Waals surface area contributed by atoms with Crippen LogP contribution in [-0.4, -0.2) is 52.9 Å². The van der Waals surface area contributed by atoms with Crippen molar-refractivity contribution in [1.29, 1.82) is 0 Å². The fourth-order valence-electron chi connectivity index (χ4n) is 2.91. The van der Waals surface area contributed by atoms with Crippen molar-refractivity contribution in [2.75, 3.05) is 26.2 Å². The molecule has 0 aromatic heterocycles. The van der Waals surface area contributed by atoms with Crippen LogP contribution in [0.1, 0.15) is 26.3 Å². The Balaban J connectivity index is 1.66. The number of amides is 2. The van der Waals surface area contributed by atoms with Crippen LogP contribution in [0.5, 0.6) is 5.75 Å². The van der Waals surface area contributed by atoms with Crippen LogP contribution in [0.15, 0.2) is 42.5 Å². The molecule has 0 saturated carbocycles. The van der Waals surface area contributed by atoms with Gasteiger partial charge in [0, 0.05) is 26.2 Å². The molecular weight excluding hydrogens is 323 g/mol. The Morgan fingerprint density at radius 2 is 1.48 bits per heavy atom. The van der Waals surface area contributed by atoms with E-state index in [4.69, 9.17) is 0 Å². The number of hydrogen-bond donors (Lipinski definition) is 1. The molecule has 0 spiro atoms. The lowest BCUT2D eigenvalue weighted by molar-refractivity contribution is 0.0531. The first-order chi connectivity index (χ1) is 12.0. The summed E-state index contributed by atoms with van der Waals surface area (Å²) in [5.74, 6) is -1.23. The number of piperazine rings is 1. The highest BCUT2D eigenvalue weighted by atomic mass is 19.1. The van der Waals surface area contributed by atoms with Gasteiger partial charge in [-0.3, -0.25) is 9.59 Å². The van der Waals surface area contributed by atoms with Crippen molar-refractivity contribution >= 4 is 11.8 Å². The number of rotatable bonds is 2. The van der Waals surface area contributed by atoms with Gasteiger partial charge in [0.15, 0.2) is 0 Å². The minimum Gasteiger partial charge on any atom is -0.507 e. The summed E-state index contributed by atoms with van der Waals surface area (Å²) < 4.78 is 13.8. The van der Waals surface area contributed by atoms with Gasteiger partial charge in [0.2, 0.25) is 0 Å². The van der Waals surface area contributed by atoms with E-state index in [2.05, 4.69) is 0 Å². The van der Waals surface area contributed by atoms with Gasteiger partial charge in [0.05, 0.1) is 11.1 Å². The summed E-state index contributed by atoms with van der Waals surface area (Å²) in [5, 5.41) is 9.96. The van der Waals surface area contributed by atoms with Gasteiger partial charge in [-0.1, -0.05) is 18.2 Å². The molecule has 6 heteroatoms. The molecule has 0 unspecified atom stereocenters. The van der Waals surface area contributed by atoms with Crippen LogP contribution in [0.4, 0.5) is 4.39 Å². The Morgan fingerprint density at radius 3 is 2.04 bits per heavy atom. The number of phenols is 1. The molecule has 3 rings (SSSR count).